The zero-order chi connectivity index (χ0) is 19.2. The average Bonchev–Trinajstić information content (AvgIpc) is 3.05. The molecule has 4 unspecified atom stereocenters. The van der Waals surface area contributed by atoms with E-state index in [1.807, 2.05) is 12.2 Å². The number of unbranched alkanes of at least 4 members (excludes halogenated alkanes) is 2. The number of aliphatic hydroxyl groups is 2. The van der Waals surface area contributed by atoms with Crippen LogP contribution < -0.4 is 34.7 Å². The summed E-state index contributed by atoms with van der Waals surface area (Å²) in [6, 6.07) is 0. The molecule has 0 saturated heterocycles. The summed E-state index contributed by atoms with van der Waals surface area (Å²) in [7, 11) is 0. The van der Waals surface area contributed by atoms with Gasteiger partial charge < -0.3 is 15.3 Å². The van der Waals surface area contributed by atoms with Gasteiger partial charge in [0.15, 0.2) is 0 Å². The third kappa shape index (κ3) is 6.66. The van der Waals surface area contributed by atoms with Gasteiger partial charge in [-0.2, -0.15) is 0 Å². The van der Waals surface area contributed by atoms with Gasteiger partial charge in [0, 0.05) is 24.0 Å². The standard InChI is InChI=1S/C21H31NO3S.Na/c1-3-5-6-9-16(23)11-12-17-18-13-15(8-7-10-20(25)26)22-21(18,4-2)14-19(17)24;/h2,11-12,16-19,23-24H,3,5-10,13-14H2,1H3,(H,25,26);/q;+1/p-1/t16-,17?,18?,19?,21?;/m0./s1. The molecule has 5 atom stereocenters. The van der Waals surface area contributed by atoms with Crippen molar-refractivity contribution in [3.8, 4) is 12.3 Å². The first kappa shape index (κ1) is 24.8. The number of hydrogen-bond acceptors (Lipinski definition) is 5. The van der Waals surface area contributed by atoms with Gasteiger partial charge in [0.25, 0.3) is 0 Å². The monoisotopic (exact) mass is 399 g/mol. The summed E-state index contributed by atoms with van der Waals surface area (Å²) < 4.78 is 0. The van der Waals surface area contributed by atoms with Crippen LogP contribution in [0.25, 0.3) is 0 Å². The molecule has 4 nitrogen and oxygen atoms in total. The van der Waals surface area contributed by atoms with E-state index in [0.29, 0.717) is 19.3 Å². The minimum Gasteiger partial charge on any atom is -0.867 e. The van der Waals surface area contributed by atoms with E-state index in [-0.39, 0.29) is 46.4 Å². The maximum atomic E-state index is 10.9. The molecule has 0 aromatic carbocycles. The minimum atomic E-state index is -0.644. The molecule has 2 N–H and O–H groups in total. The fraction of sp³-hybridized carbons (Fsp3) is 0.714. The predicted molar refractivity (Wildman–Crippen MR) is 107 cm³/mol. The molecule has 0 aromatic rings. The van der Waals surface area contributed by atoms with Gasteiger partial charge in [-0.25, -0.2) is 0 Å². The van der Waals surface area contributed by atoms with E-state index < -0.39 is 17.7 Å². The number of aliphatic imine (C=N–C) groups is 1. The molecule has 27 heavy (non-hydrogen) atoms. The van der Waals surface area contributed by atoms with Crippen molar-refractivity contribution in [2.24, 2.45) is 16.8 Å². The summed E-state index contributed by atoms with van der Waals surface area (Å²) in [4.78, 5) is 4.76. The van der Waals surface area contributed by atoms with E-state index in [0.717, 1.165) is 44.2 Å². The van der Waals surface area contributed by atoms with Gasteiger partial charge in [-0.05, 0) is 32.1 Å². The molecule has 0 amide bonds. The maximum absolute atomic E-state index is 10.9. The quantitative estimate of drug-likeness (QED) is 0.172. The molecule has 1 heterocycles. The zero-order valence-electron chi connectivity index (χ0n) is 16.6. The first-order chi connectivity index (χ1) is 12.4. The van der Waals surface area contributed by atoms with Crippen molar-refractivity contribution < 1.29 is 44.9 Å². The number of fused-ring (bicyclic) bond motifs is 1. The second-order valence-electron chi connectivity index (χ2n) is 7.58. The molecule has 0 bridgehead atoms. The number of thiocarbonyl (C=S) groups is 1. The van der Waals surface area contributed by atoms with Crippen LogP contribution in [0.15, 0.2) is 17.1 Å². The van der Waals surface area contributed by atoms with Crippen LogP contribution in [0.4, 0.5) is 0 Å². The molecule has 2 rings (SSSR count). The van der Waals surface area contributed by atoms with E-state index in [1.165, 1.54) is 0 Å². The van der Waals surface area contributed by atoms with Gasteiger partial charge in [0.05, 0.1) is 12.2 Å². The van der Waals surface area contributed by atoms with Crippen molar-refractivity contribution in [2.75, 3.05) is 0 Å². The Labute approximate surface area is 190 Å². The van der Waals surface area contributed by atoms with Crippen LogP contribution >= 0.6 is 12.2 Å². The van der Waals surface area contributed by atoms with Crippen LogP contribution in [-0.4, -0.2) is 38.7 Å². The molecule has 6 heteroatoms. The van der Waals surface area contributed by atoms with Crippen LogP contribution in [0.2, 0.25) is 0 Å². The van der Waals surface area contributed by atoms with Gasteiger partial charge in [0.2, 0.25) is 0 Å². The van der Waals surface area contributed by atoms with Gasteiger partial charge in [-0.15, -0.1) is 18.6 Å². The SMILES string of the molecule is C#CC12CC(O)C(C=C[C@@H](O)CCCCC)C1CC(CCCC([O-])=S)=N2.[Na+]. The summed E-state index contributed by atoms with van der Waals surface area (Å²) in [6.45, 7) is 2.14. The third-order valence-electron chi connectivity index (χ3n) is 5.61. The predicted octanol–water partition coefficient (Wildman–Crippen LogP) is -0.440. The summed E-state index contributed by atoms with van der Waals surface area (Å²) >= 11 is 4.60. The van der Waals surface area contributed by atoms with Crippen LogP contribution in [-0.2, 0) is 0 Å². The molecule has 1 saturated carbocycles. The van der Waals surface area contributed by atoms with Crippen molar-refractivity contribution in [3.05, 3.63) is 12.2 Å². The van der Waals surface area contributed by atoms with Crippen LogP contribution in [0.1, 0.15) is 64.7 Å². The molecule has 1 fully saturated rings. The largest absolute Gasteiger partial charge is 1.00 e. The second-order valence-corrected chi connectivity index (χ2v) is 8.03. The first-order valence-electron chi connectivity index (χ1n) is 9.71. The van der Waals surface area contributed by atoms with Gasteiger partial charge in [-0.1, -0.05) is 49.3 Å². The minimum absolute atomic E-state index is 0. The molecule has 1 aliphatic heterocycles. The first-order valence-corrected chi connectivity index (χ1v) is 10.1. The number of terminal acetylenes is 1. The smallest absolute Gasteiger partial charge is 0.867 e. The molecule has 1 aliphatic carbocycles. The van der Waals surface area contributed by atoms with Crippen molar-refractivity contribution in [1.82, 2.24) is 0 Å². The van der Waals surface area contributed by atoms with Crippen molar-refractivity contribution >= 4 is 23.0 Å². The number of aliphatic hydroxyl groups excluding tert-OH is 2. The molecular formula is C21H30NNaO3S. The fourth-order valence-electron chi connectivity index (χ4n) is 4.22. The normalized spacial score (nSPS) is 30.4. The van der Waals surface area contributed by atoms with E-state index >= 15 is 0 Å². The molecule has 0 radical (unpaired) electrons. The Morgan fingerprint density at radius 3 is 2.85 bits per heavy atom. The molecular weight excluding hydrogens is 369 g/mol. The summed E-state index contributed by atoms with van der Waals surface area (Å²) in [5.41, 5.74) is 0.382. The summed E-state index contributed by atoms with van der Waals surface area (Å²) in [6.07, 6.45) is 15.5. The molecule has 0 aromatic heterocycles. The van der Waals surface area contributed by atoms with Gasteiger partial charge >= 0.3 is 29.6 Å². The Bertz CT molecular complexity index is 601. The van der Waals surface area contributed by atoms with Crippen LogP contribution in [0.3, 0.4) is 0 Å². The summed E-state index contributed by atoms with van der Waals surface area (Å²) in [5.74, 6) is 2.80. The molecule has 144 valence electrons. The maximum Gasteiger partial charge on any atom is 1.00 e. The molecule has 2 aliphatic rings. The Balaban J connectivity index is 0.00000364. The Kier molecular flexibility index (Phi) is 10.8. The van der Waals surface area contributed by atoms with Gasteiger partial charge in [-0.3, -0.25) is 4.99 Å². The summed E-state index contributed by atoms with van der Waals surface area (Å²) in [5, 5.41) is 31.4. The Morgan fingerprint density at radius 1 is 1.48 bits per heavy atom. The number of hydrogen-bond donors (Lipinski definition) is 2. The second kappa shape index (κ2) is 11.7. The Morgan fingerprint density at radius 2 is 2.22 bits per heavy atom. The van der Waals surface area contributed by atoms with E-state index in [4.69, 9.17) is 11.4 Å². The topological polar surface area (TPSA) is 75.9 Å². The average molecular weight is 400 g/mol. The van der Waals surface area contributed by atoms with Crippen molar-refractivity contribution in [1.29, 1.82) is 0 Å². The zero-order valence-corrected chi connectivity index (χ0v) is 19.4. The number of rotatable bonds is 10. The van der Waals surface area contributed by atoms with E-state index in [9.17, 15) is 15.3 Å². The van der Waals surface area contributed by atoms with Crippen LogP contribution in [0, 0.1) is 24.2 Å². The van der Waals surface area contributed by atoms with E-state index in [1.54, 1.807) is 0 Å². The Hall–Kier alpha value is -0.220. The fourth-order valence-corrected chi connectivity index (χ4v) is 4.36. The third-order valence-corrected chi connectivity index (χ3v) is 5.82. The molecule has 0 spiro atoms. The van der Waals surface area contributed by atoms with Crippen molar-refractivity contribution in [2.45, 2.75) is 82.5 Å². The van der Waals surface area contributed by atoms with Gasteiger partial charge in [0.1, 0.15) is 5.54 Å². The number of nitrogens with zero attached hydrogens (tertiary/aromatic N) is 1. The van der Waals surface area contributed by atoms with Crippen LogP contribution in [0.5, 0.6) is 0 Å². The van der Waals surface area contributed by atoms with Crippen molar-refractivity contribution in [3.63, 3.8) is 0 Å². The van der Waals surface area contributed by atoms with E-state index in [2.05, 4.69) is 25.1 Å².